The first kappa shape index (κ1) is 63.9. The van der Waals surface area contributed by atoms with Crippen molar-refractivity contribution in [3.05, 3.63) is 136 Å². The fraction of sp³-hybridized carbons (Fsp3) is 0.446. The van der Waals surface area contributed by atoms with Gasteiger partial charge in [-0.15, -0.1) is 11.3 Å². The van der Waals surface area contributed by atoms with Crippen LogP contribution in [0.4, 0.5) is 45.0 Å². The average Bonchev–Trinajstić information content (AvgIpc) is 1.50. The first-order chi connectivity index (χ1) is 42.2. The molecule has 24 heteroatoms. The number of aromatic nitrogens is 3. The summed E-state index contributed by atoms with van der Waals surface area (Å²) in [4.78, 5) is 95.8. The molecule has 0 aliphatic carbocycles. The molecule has 89 heavy (non-hydrogen) atoms. The number of halogens is 5. The zero-order chi connectivity index (χ0) is 63.8. The second-order valence-corrected chi connectivity index (χ2v) is 25.8. The number of aliphatic hydroxyl groups is 1. The van der Waals surface area contributed by atoms with Crippen molar-refractivity contribution in [2.24, 2.45) is 11.3 Å². The lowest BCUT2D eigenvalue weighted by molar-refractivity contribution is -0.144. The number of aryl methyl sites for hydroxylation is 1. The first-order valence-electron chi connectivity index (χ1n) is 30.0. The summed E-state index contributed by atoms with van der Waals surface area (Å²) in [5, 5.41) is 19.5. The Hall–Kier alpha value is -8.09. The molecule has 472 valence electrons. The summed E-state index contributed by atoms with van der Waals surface area (Å²) in [6.07, 6.45) is -2.07. The number of aliphatic hydroxyl groups excluding tert-OH is 1. The highest BCUT2D eigenvalue weighted by Gasteiger charge is 2.46. The number of β-amino-alcohol motifs (C(OH)–C–C–N with tert-alkyl or cyclic N) is 1. The second kappa shape index (κ2) is 26.2. The summed E-state index contributed by atoms with van der Waals surface area (Å²) in [6.45, 7) is 16.7. The summed E-state index contributed by atoms with van der Waals surface area (Å²) in [5.74, 6) is -4.33. The Morgan fingerprint density at radius 2 is 1.43 bits per heavy atom. The van der Waals surface area contributed by atoms with E-state index in [1.165, 1.54) is 29.4 Å². The molecule has 18 nitrogen and oxygen atoms in total. The molecule has 4 saturated heterocycles. The number of rotatable bonds is 14. The summed E-state index contributed by atoms with van der Waals surface area (Å²) in [5.41, 5.74) is 3.51. The van der Waals surface area contributed by atoms with E-state index < -0.39 is 70.3 Å². The first-order valence-corrected chi connectivity index (χ1v) is 30.9. The summed E-state index contributed by atoms with van der Waals surface area (Å²) < 4.78 is 72.5. The van der Waals surface area contributed by atoms with Crippen molar-refractivity contribution in [1.82, 2.24) is 40.3 Å². The Kier molecular flexibility index (Phi) is 18.8. The second-order valence-electron chi connectivity index (χ2n) is 24.9. The highest BCUT2D eigenvalue weighted by atomic mass is 32.1. The smallest absolute Gasteiger partial charge is 0.391 e. The third kappa shape index (κ3) is 14.2. The SMILES string of the molecule is Cc1ncsc1-c1ccc([C@H](C)NC(=O)[C@@H]2C[C@@H](O)CN2C(=O)[C@@H](NC(=O)C2CCN(c3cccc(C(=O)N4CCN(c5ncc(-c6cc(NC(=O)c7ccc(F)cc7C(F)(F)F)c(N7C[C@@H](C)N(C)[C@@H](C)C7)cc6F)cn5)CC4)c3)CC2)C(C)(C)C)cc1. The highest BCUT2D eigenvalue weighted by molar-refractivity contribution is 7.13. The number of nitrogens with one attached hydrogen (secondary N) is 3. The number of amides is 5. The Morgan fingerprint density at radius 3 is 2.06 bits per heavy atom. The van der Waals surface area contributed by atoms with E-state index in [-0.39, 0.29) is 77.4 Å². The highest BCUT2D eigenvalue weighted by Crippen LogP contribution is 2.39. The maximum Gasteiger partial charge on any atom is 0.417 e. The molecule has 0 spiro atoms. The molecule has 4 aliphatic heterocycles. The molecular weight excluding hydrogens is 1170 g/mol. The van der Waals surface area contributed by atoms with E-state index in [0.29, 0.717) is 76.7 Å². The minimum absolute atomic E-state index is 0.0103. The van der Waals surface area contributed by atoms with E-state index in [4.69, 9.17) is 0 Å². The minimum Gasteiger partial charge on any atom is -0.391 e. The van der Waals surface area contributed by atoms with Crippen molar-refractivity contribution < 1.29 is 51.0 Å². The number of hydrogen-bond acceptors (Lipinski definition) is 14. The van der Waals surface area contributed by atoms with Crippen molar-refractivity contribution >= 4 is 63.9 Å². The van der Waals surface area contributed by atoms with Gasteiger partial charge < -0.3 is 45.6 Å². The number of piperazine rings is 2. The summed E-state index contributed by atoms with van der Waals surface area (Å²) in [7, 11) is 1.96. The number of thiazole rings is 1. The quantitative estimate of drug-likeness (QED) is 0.0754. The molecule has 0 unspecified atom stereocenters. The average molecular weight is 1250 g/mol. The van der Waals surface area contributed by atoms with E-state index in [9.17, 15) is 46.6 Å². The number of carbonyl (C=O) groups excluding carboxylic acids is 5. The van der Waals surface area contributed by atoms with Crippen LogP contribution in [0.1, 0.15) is 104 Å². The van der Waals surface area contributed by atoms with Gasteiger partial charge in [-0.3, -0.25) is 28.9 Å². The summed E-state index contributed by atoms with van der Waals surface area (Å²) in [6, 6.07) is 17.4. The van der Waals surface area contributed by atoms with Crippen LogP contribution in [0.2, 0.25) is 0 Å². The number of hydrogen-bond donors (Lipinski definition) is 4. The zero-order valence-corrected chi connectivity index (χ0v) is 51.9. The zero-order valence-electron chi connectivity index (χ0n) is 51.1. The number of likely N-dealkylation sites (N-methyl/N-ethyl adjacent to an activating group) is 1. The van der Waals surface area contributed by atoms with Crippen LogP contribution in [0, 0.1) is 29.9 Å². The van der Waals surface area contributed by atoms with E-state index in [0.717, 1.165) is 39.5 Å². The molecular formula is C65H75F5N12O6S. The number of piperidine rings is 1. The molecule has 10 rings (SSSR count). The van der Waals surface area contributed by atoms with Gasteiger partial charge in [-0.05, 0) is 113 Å². The predicted molar refractivity (Wildman–Crippen MR) is 332 cm³/mol. The van der Waals surface area contributed by atoms with Gasteiger partial charge in [-0.25, -0.2) is 23.7 Å². The van der Waals surface area contributed by atoms with Crippen LogP contribution in [0.5, 0.6) is 0 Å². The van der Waals surface area contributed by atoms with E-state index in [2.05, 4.69) is 40.7 Å². The Bertz CT molecular complexity index is 3580. The van der Waals surface area contributed by atoms with Crippen LogP contribution in [0.3, 0.4) is 0 Å². The van der Waals surface area contributed by atoms with Gasteiger partial charge in [0.2, 0.25) is 23.7 Å². The van der Waals surface area contributed by atoms with Crippen LogP contribution < -0.4 is 30.7 Å². The van der Waals surface area contributed by atoms with Gasteiger partial charge in [0.25, 0.3) is 11.8 Å². The Labute approximate surface area is 518 Å². The molecule has 6 atom stereocenters. The van der Waals surface area contributed by atoms with Crippen molar-refractivity contribution in [3.63, 3.8) is 0 Å². The Balaban J connectivity index is 0.735. The predicted octanol–water partition coefficient (Wildman–Crippen LogP) is 9.20. The van der Waals surface area contributed by atoms with Gasteiger partial charge in [0.1, 0.15) is 23.7 Å². The van der Waals surface area contributed by atoms with Crippen LogP contribution in [-0.4, -0.2) is 161 Å². The van der Waals surface area contributed by atoms with Crippen LogP contribution >= 0.6 is 11.3 Å². The minimum atomic E-state index is -5.03. The van der Waals surface area contributed by atoms with Crippen molar-refractivity contribution in [3.8, 4) is 21.6 Å². The summed E-state index contributed by atoms with van der Waals surface area (Å²) >= 11 is 1.56. The number of benzene rings is 4. The molecule has 0 bridgehead atoms. The molecule has 4 fully saturated rings. The van der Waals surface area contributed by atoms with Gasteiger partial charge in [0.05, 0.1) is 50.7 Å². The largest absolute Gasteiger partial charge is 0.417 e. The third-order valence-electron chi connectivity index (χ3n) is 17.7. The number of alkyl halides is 3. The van der Waals surface area contributed by atoms with Gasteiger partial charge in [0.15, 0.2) is 0 Å². The number of carbonyl (C=O) groups is 5. The van der Waals surface area contributed by atoms with E-state index in [1.807, 2.05) is 108 Å². The molecule has 4 aliphatic rings. The number of anilines is 4. The lowest BCUT2D eigenvalue weighted by Crippen LogP contribution is -2.59. The number of nitrogens with zero attached hydrogens (tertiary/aromatic N) is 9. The third-order valence-corrected chi connectivity index (χ3v) is 18.7. The topological polar surface area (TPSA) is 200 Å². The van der Waals surface area contributed by atoms with Gasteiger partial charge in [-0.2, -0.15) is 13.2 Å². The van der Waals surface area contributed by atoms with Crippen LogP contribution in [-0.2, 0) is 20.6 Å². The lowest BCUT2D eigenvalue weighted by Gasteiger charge is -2.44. The fourth-order valence-electron chi connectivity index (χ4n) is 12.3. The molecule has 5 amide bonds. The number of likely N-dealkylation sites (tertiary alicyclic amines) is 1. The molecule has 4 N–H and O–H groups in total. The van der Waals surface area contributed by atoms with Gasteiger partial charge in [0, 0.05) is 118 Å². The van der Waals surface area contributed by atoms with Crippen molar-refractivity contribution in [2.75, 3.05) is 86.0 Å². The monoisotopic (exact) mass is 1250 g/mol. The Morgan fingerprint density at radius 1 is 0.753 bits per heavy atom. The van der Waals surface area contributed by atoms with Gasteiger partial charge >= 0.3 is 6.18 Å². The van der Waals surface area contributed by atoms with E-state index >= 15 is 4.39 Å². The van der Waals surface area contributed by atoms with Crippen molar-refractivity contribution in [1.29, 1.82) is 0 Å². The molecule has 6 heterocycles. The normalized spacial score (nSPS) is 20.3. The van der Waals surface area contributed by atoms with E-state index in [1.54, 1.807) is 27.8 Å². The van der Waals surface area contributed by atoms with Crippen LogP contribution in [0.15, 0.2) is 96.8 Å². The molecule has 0 saturated carbocycles. The molecule has 0 radical (unpaired) electrons. The molecule has 2 aromatic heterocycles. The maximum atomic E-state index is 16.3. The van der Waals surface area contributed by atoms with Crippen molar-refractivity contribution in [2.45, 2.75) is 110 Å². The maximum absolute atomic E-state index is 16.3. The molecule has 4 aromatic carbocycles. The van der Waals surface area contributed by atoms with Crippen LogP contribution in [0.25, 0.3) is 21.6 Å². The lowest BCUT2D eigenvalue weighted by atomic mass is 9.84. The molecule has 6 aromatic rings. The van der Waals surface area contributed by atoms with Gasteiger partial charge in [-0.1, -0.05) is 51.1 Å². The fourth-order valence-corrected chi connectivity index (χ4v) is 13.1. The standard InChI is InChI=1S/C65H75F5N12O6S/c1-37-33-81(34-38(2)77(37)8)54-30-52(67)50(29-53(54)75-59(85)49-17-16-46(66)27-51(49)65(68,69)70)45-31-71-63(72-32-45)80-24-22-79(23-25-80)61(87)44-10-9-11-47(26-44)78-20-18-43(19-21-78)58(84)76-57(64(5,6)7)62(88)82-35-48(83)28-55(82)60(86)74-39(3)41-12-14-42(15-13-41)56-40(4)73-36-89-56/h9-17,26-27,29-32,36-39,43,48,55,57,83H,18-25,28,33-35H2,1-8H3,(H,74,86)(H,75,85)(H,76,84)/t37-,38+,39-,48+,55-,57+/m0/s1.